The number of nitrogens with zero attached hydrogens (tertiary/aromatic N) is 6. The summed E-state index contributed by atoms with van der Waals surface area (Å²) in [5.74, 6) is 1.74. The number of hydrogen-bond acceptors (Lipinski definition) is 10. The minimum atomic E-state index is -0.289. The van der Waals surface area contributed by atoms with Crippen LogP contribution in [0.3, 0.4) is 0 Å². The third-order valence-corrected chi connectivity index (χ3v) is 10.7. The number of methoxy groups -OCH3 is 1. The third-order valence-electron chi connectivity index (χ3n) is 10.7. The highest BCUT2D eigenvalue weighted by atomic mass is 16.6. The van der Waals surface area contributed by atoms with Crippen molar-refractivity contribution in [3.8, 4) is 11.8 Å². The van der Waals surface area contributed by atoms with Crippen molar-refractivity contribution in [2.45, 2.75) is 38.7 Å². The molecule has 0 radical (unpaired) electrons. The number of rotatable bonds is 12. The fourth-order valence-corrected chi connectivity index (χ4v) is 7.64. The lowest BCUT2D eigenvalue weighted by Gasteiger charge is -2.38. The summed E-state index contributed by atoms with van der Waals surface area (Å²) >= 11 is 0. The summed E-state index contributed by atoms with van der Waals surface area (Å²) < 4.78 is 23.9. The Morgan fingerprint density at radius 1 is 0.778 bits per heavy atom. The van der Waals surface area contributed by atoms with Crippen molar-refractivity contribution in [2.24, 2.45) is 0 Å². The Kier molecular flexibility index (Phi) is 11.0. The van der Waals surface area contributed by atoms with E-state index < -0.39 is 0 Å². The van der Waals surface area contributed by atoms with E-state index in [1.807, 2.05) is 48.5 Å². The van der Waals surface area contributed by atoms with Crippen LogP contribution < -0.4 is 19.3 Å². The second-order valence-electron chi connectivity index (χ2n) is 14.2. The number of carbonyl (C=O) groups excluding carboxylic acids is 1. The molecule has 54 heavy (non-hydrogen) atoms. The minimum Gasteiger partial charge on any atom is -0.489 e. The second kappa shape index (κ2) is 16.7. The molecule has 280 valence electrons. The van der Waals surface area contributed by atoms with Crippen molar-refractivity contribution >= 4 is 28.4 Å². The lowest BCUT2D eigenvalue weighted by atomic mass is 10.0. The Labute approximate surface area is 317 Å². The van der Waals surface area contributed by atoms with Gasteiger partial charge >= 0.3 is 12.1 Å². The van der Waals surface area contributed by atoms with Crippen LogP contribution in [0.1, 0.15) is 28.8 Å². The summed E-state index contributed by atoms with van der Waals surface area (Å²) in [6.45, 7) is 7.74. The Bertz CT molecular complexity index is 2020. The first-order chi connectivity index (χ1) is 26.6. The smallest absolute Gasteiger partial charge is 0.410 e. The zero-order valence-corrected chi connectivity index (χ0v) is 30.9. The largest absolute Gasteiger partial charge is 0.489 e. The van der Waals surface area contributed by atoms with Crippen LogP contribution in [0.5, 0.6) is 11.8 Å². The van der Waals surface area contributed by atoms with Crippen LogP contribution in [-0.2, 0) is 35.7 Å². The Balaban J connectivity index is 1.01. The molecular weight excluding hydrogens is 681 g/mol. The fraction of sp³-hybridized carbons (Fsp3) is 0.372. The van der Waals surface area contributed by atoms with Gasteiger partial charge in [-0.15, -0.1) is 0 Å². The number of carbonyl (C=O) groups is 1. The van der Waals surface area contributed by atoms with E-state index in [2.05, 4.69) is 63.2 Å². The maximum atomic E-state index is 13.0. The molecule has 4 heterocycles. The average molecular weight is 729 g/mol. The number of fused-ring (bicyclic) bond motifs is 2. The highest BCUT2D eigenvalue weighted by Crippen LogP contribution is 2.37. The monoisotopic (exact) mass is 728 g/mol. The molecule has 11 nitrogen and oxygen atoms in total. The normalized spacial score (nSPS) is 17.4. The van der Waals surface area contributed by atoms with E-state index >= 15 is 0 Å². The van der Waals surface area contributed by atoms with Crippen LogP contribution in [0.25, 0.3) is 10.8 Å². The van der Waals surface area contributed by atoms with Crippen molar-refractivity contribution in [3.05, 3.63) is 119 Å². The van der Waals surface area contributed by atoms with Gasteiger partial charge < -0.3 is 33.6 Å². The molecule has 0 aliphatic carbocycles. The molecule has 1 amide bonds. The van der Waals surface area contributed by atoms with Crippen LogP contribution in [0.2, 0.25) is 0 Å². The first kappa shape index (κ1) is 35.6. The highest BCUT2D eigenvalue weighted by molar-refractivity contribution is 5.96. The number of ether oxygens (including phenoxy) is 4. The Morgan fingerprint density at radius 3 is 2.28 bits per heavy atom. The zero-order valence-electron chi connectivity index (χ0n) is 30.9. The maximum Gasteiger partial charge on any atom is 0.410 e. The van der Waals surface area contributed by atoms with Gasteiger partial charge in [0, 0.05) is 82.2 Å². The predicted octanol–water partition coefficient (Wildman–Crippen LogP) is 6.33. The van der Waals surface area contributed by atoms with Gasteiger partial charge in [-0.25, -0.2) is 4.79 Å². The molecule has 3 aliphatic rings. The molecule has 4 aromatic carbocycles. The quantitative estimate of drug-likeness (QED) is 0.145. The molecule has 2 fully saturated rings. The summed E-state index contributed by atoms with van der Waals surface area (Å²) in [6, 6.07) is 33.2. The van der Waals surface area contributed by atoms with Gasteiger partial charge in [0.25, 0.3) is 0 Å². The van der Waals surface area contributed by atoms with Gasteiger partial charge in [0.2, 0.25) is 0 Å². The summed E-state index contributed by atoms with van der Waals surface area (Å²) in [5.41, 5.74) is 5.33. The van der Waals surface area contributed by atoms with E-state index in [1.165, 1.54) is 5.39 Å². The highest BCUT2D eigenvalue weighted by Gasteiger charge is 2.30. The average Bonchev–Trinajstić information content (AvgIpc) is 3.70. The van der Waals surface area contributed by atoms with E-state index in [1.54, 1.807) is 12.0 Å². The molecule has 1 atom stereocenters. The van der Waals surface area contributed by atoms with Crippen LogP contribution in [0, 0.1) is 0 Å². The topological polar surface area (TPSA) is 92.7 Å². The van der Waals surface area contributed by atoms with Crippen molar-refractivity contribution < 1.29 is 23.7 Å². The van der Waals surface area contributed by atoms with Gasteiger partial charge in [-0.2, -0.15) is 9.97 Å². The number of amides is 1. The predicted molar refractivity (Wildman–Crippen MR) is 209 cm³/mol. The number of hydrogen-bond donors (Lipinski definition) is 0. The molecule has 5 aromatic rings. The van der Waals surface area contributed by atoms with Crippen LogP contribution >= 0.6 is 0 Å². The number of aromatic nitrogens is 2. The molecular formula is C43H48N6O5. The number of likely N-dealkylation sites (tertiary alicyclic amines) is 1. The molecule has 1 aromatic heterocycles. The SMILES string of the molecule is CO[C@@H]1CCN(CCOc2nc3c(c(N4CCN(C(=O)OCc5ccccc5)CC4)n2)CCN(c2cc(OCc4ccccc4)cc4ccccc24)C3)C1. The molecule has 3 aliphatic heterocycles. The van der Waals surface area contributed by atoms with Gasteiger partial charge in [0.05, 0.1) is 18.3 Å². The molecule has 0 saturated carbocycles. The summed E-state index contributed by atoms with van der Waals surface area (Å²) in [6.07, 6.45) is 1.79. The molecule has 0 unspecified atom stereocenters. The summed E-state index contributed by atoms with van der Waals surface area (Å²) in [5, 5.41) is 2.31. The summed E-state index contributed by atoms with van der Waals surface area (Å²) in [7, 11) is 1.78. The fourth-order valence-electron chi connectivity index (χ4n) is 7.64. The standard InChI is InChI=1S/C43H48N6O5/c1-51-35-16-18-46(28-35)24-25-52-42-44-39-29-49(40-27-36(26-34-14-8-9-15-37(34)40)53-30-32-10-4-2-5-11-32)19-17-38(39)41(45-42)47-20-22-48(23-21-47)43(50)54-31-33-12-6-3-7-13-33/h2-15,26-27,35H,16-25,28-31H2,1H3/t35-/m1/s1. The lowest BCUT2D eigenvalue weighted by molar-refractivity contribution is 0.0940. The minimum absolute atomic E-state index is 0.261. The van der Waals surface area contributed by atoms with E-state index in [9.17, 15) is 4.79 Å². The lowest BCUT2D eigenvalue weighted by Crippen LogP contribution is -2.49. The first-order valence-electron chi connectivity index (χ1n) is 19.0. The van der Waals surface area contributed by atoms with E-state index in [0.717, 1.165) is 84.0 Å². The van der Waals surface area contributed by atoms with E-state index in [0.29, 0.717) is 51.9 Å². The van der Waals surface area contributed by atoms with Crippen LogP contribution in [-0.4, -0.2) is 98.0 Å². The maximum absolute atomic E-state index is 13.0. The number of piperazine rings is 1. The van der Waals surface area contributed by atoms with Crippen LogP contribution in [0.4, 0.5) is 16.3 Å². The van der Waals surface area contributed by atoms with Gasteiger partial charge in [-0.1, -0.05) is 84.9 Å². The Morgan fingerprint density at radius 2 is 1.52 bits per heavy atom. The molecule has 0 spiro atoms. The van der Waals surface area contributed by atoms with Gasteiger partial charge in [0.1, 0.15) is 31.4 Å². The zero-order chi connectivity index (χ0) is 36.7. The van der Waals surface area contributed by atoms with Crippen molar-refractivity contribution in [1.82, 2.24) is 19.8 Å². The molecule has 0 bridgehead atoms. The van der Waals surface area contributed by atoms with Gasteiger partial charge in [0.15, 0.2) is 0 Å². The third kappa shape index (κ3) is 8.37. The second-order valence-corrected chi connectivity index (χ2v) is 14.2. The summed E-state index contributed by atoms with van der Waals surface area (Å²) in [4.78, 5) is 31.9. The van der Waals surface area contributed by atoms with E-state index in [4.69, 9.17) is 28.9 Å². The van der Waals surface area contributed by atoms with Crippen molar-refractivity contribution in [1.29, 1.82) is 0 Å². The van der Waals surface area contributed by atoms with Crippen molar-refractivity contribution in [3.63, 3.8) is 0 Å². The number of benzene rings is 4. The molecule has 11 heteroatoms. The van der Waals surface area contributed by atoms with Gasteiger partial charge in [-0.3, -0.25) is 4.90 Å². The Hall–Kier alpha value is -5.39. The molecule has 0 N–H and O–H groups in total. The van der Waals surface area contributed by atoms with Crippen LogP contribution in [0.15, 0.2) is 97.1 Å². The molecule has 8 rings (SSSR count). The van der Waals surface area contributed by atoms with E-state index in [-0.39, 0.29) is 18.8 Å². The number of anilines is 2. The first-order valence-corrected chi connectivity index (χ1v) is 19.0. The molecule has 2 saturated heterocycles. The van der Waals surface area contributed by atoms with Crippen molar-refractivity contribution in [2.75, 3.05) is 75.9 Å². The van der Waals surface area contributed by atoms with Gasteiger partial charge in [-0.05, 0) is 35.4 Å².